The third-order valence-corrected chi connectivity index (χ3v) is 4.47. The van der Waals surface area contributed by atoms with Gasteiger partial charge < -0.3 is 13.7 Å². The Labute approximate surface area is 128 Å². The SMILES string of the molecule is Cn1c2c(c3ccccc31)C(CC(=O)c1ccco1)COC2. The number of rotatable bonds is 3. The molecule has 3 heterocycles. The van der Waals surface area contributed by atoms with Crippen LogP contribution in [0.25, 0.3) is 10.9 Å². The summed E-state index contributed by atoms with van der Waals surface area (Å²) in [6, 6.07) is 11.8. The fourth-order valence-electron chi connectivity index (χ4n) is 3.41. The van der Waals surface area contributed by atoms with Crippen LogP contribution in [0.2, 0.25) is 0 Å². The molecule has 0 radical (unpaired) electrons. The minimum absolute atomic E-state index is 0.0272. The van der Waals surface area contributed by atoms with Gasteiger partial charge in [-0.15, -0.1) is 0 Å². The van der Waals surface area contributed by atoms with Gasteiger partial charge >= 0.3 is 0 Å². The summed E-state index contributed by atoms with van der Waals surface area (Å²) in [7, 11) is 2.06. The van der Waals surface area contributed by atoms with E-state index in [1.807, 2.05) is 12.1 Å². The molecule has 0 N–H and O–H groups in total. The van der Waals surface area contributed by atoms with Crippen molar-refractivity contribution in [2.24, 2.45) is 7.05 Å². The number of fused-ring (bicyclic) bond motifs is 3. The van der Waals surface area contributed by atoms with Crippen molar-refractivity contribution in [1.29, 1.82) is 0 Å². The first-order valence-corrected chi connectivity index (χ1v) is 7.46. The number of hydrogen-bond acceptors (Lipinski definition) is 3. The van der Waals surface area contributed by atoms with Gasteiger partial charge in [-0.3, -0.25) is 4.79 Å². The summed E-state index contributed by atoms with van der Waals surface area (Å²) >= 11 is 0. The number of carbonyl (C=O) groups is 1. The number of ketones is 1. The molecule has 2 aromatic heterocycles. The zero-order chi connectivity index (χ0) is 15.1. The van der Waals surface area contributed by atoms with E-state index in [1.54, 1.807) is 12.1 Å². The van der Waals surface area contributed by atoms with Gasteiger partial charge in [-0.25, -0.2) is 0 Å². The zero-order valence-corrected chi connectivity index (χ0v) is 12.4. The molecule has 22 heavy (non-hydrogen) atoms. The number of hydrogen-bond donors (Lipinski definition) is 0. The second-order valence-electron chi connectivity index (χ2n) is 5.75. The van der Waals surface area contributed by atoms with Crippen LogP contribution in [0.3, 0.4) is 0 Å². The Hall–Kier alpha value is -2.33. The molecule has 0 bridgehead atoms. The van der Waals surface area contributed by atoms with Crippen molar-refractivity contribution in [2.75, 3.05) is 6.61 Å². The average Bonchev–Trinajstić information content (AvgIpc) is 3.17. The van der Waals surface area contributed by atoms with Crippen molar-refractivity contribution in [3.05, 3.63) is 59.7 Å². The average molecular weight is 295 g/mol. The molecule has 112 valence electrons. The van der Waals surface area contributed by atoms with Crippen LogP contribution in [-0.2, 0) is 18.4 Å². The lowest BCUT2D eigenvalue weighted by Crippen LogP contribution is -2.20. The number of ether oxygens (including phenoxy) is 1. The van der Waals surface area contributed by atoms with Gasteiger partial charge in [-0.1, -0.05) is 18.2 Å². The molecule has 0 saturated carbocycles. The first-order valence-electron chi connectivity index (χ1n) is 7.46. The summed E-state index contributed by atoms with van der Waals surface area (Å²) in [6.45, 7) is 1.18. The van der Waals surface area contributed by atoms with Crippen molar-refractivity contribution in [2.45, 2.75) is 18.9 Å². The predicted octanol–water partition coefficient (Wildman–Crippen LogP) is 3.66. The van der Waals surface area contributed by atoms with Crippen molar-refractivity contribution in [1.82, 2.24) is 4.57 Å². The highest BCUT2D eigenvalue weighted by atomic mass is 16.5. The Kier molecular flexibility index (Phi) is 3.12. The lowest BCUT2D eigenvalue weighted by atomic mass is 9.90. The van der Waals surface area contributed by atoms with Gasteiger partial charge in [0.1, 0.15) is 0 Å². The lowest BCUT2D eigenvalue weighted by Gasteiger charge is -2.23. The second-order valence-corrected chi connectivity index (χ2v) is 5.75. The van der Waals surface area contributed by atoms with Crippen LogP contribution in [0.4, 0.5) is 0 Å². The number of Topliss-reactive ketones (excluding diaryl/α,β-unsaturated/α-hetero) is 1. The Bertz CT molecular complexity index is 830. The number of para-hydroxylation sites is 1. The van der Waals surface area contributed by atoms with E-state index in [9.17, 15) is 4.79 Å². The minimum atomic E-state index is 0.0272. The van der Waals surface area contributed by atoms with Gasteiger partial charge in [0, 0.05) is 36.0 Å². The molecule has 0 aliphatic carbocycles. The topological polar surface area (TPSA) is 44.4 Å². The molecule has 1 atom stereocenters. The molecule has 1 aromatic carbocycles. The molecule has 0 fully saturated rings. The molecule has 4 nitrogen and oxygen atoms in total. The largest absolute Gasteiger partial charge is 0.461 e. The van der Waals surface area contributed by atoms with Crippen molar-refractivity contribution in [3.63, 3.8) is 0 Å². The standard InChI is InChI=1S/C18H17NO3/c1-19-14-6-3-2-5-13(14)18-12(10-21-11-15(18)19)9-16(20)17-7-4-8-22-17/h2-8,12H,9-11H2,1H3. The highest BCUT2D eigenvalue weighted by Gasteiger charge is 2.29. The molecule has 3 aromatic rings. The van der Waals surface area contributed by atoms with Crippen molar-refractivity contribution >= 4 is 16.7 Å². The van der Waals surface area contributed by atoms with Gasteiger partial charge in [0.05, 0.1) is 19.5 Å². The van der Waals surface area contributed by atoms with Crippen LogP contribution in [0.5, 0.6) is 0 Å². The van der Waals surface area contributed by atoms with E-state index in [0.29, 0.717) is 25.4 Å². The molecule has 1 unspecified atom stereocenters. The van der Waals surface area contributed by atoms with E-state index in [4.69, 9.17) is 9.15 Å². The van der Waals surface area contributed by atoms with Gasteiger partial charge in [-0.2, -0.15) is 0 Å². The maximum Gasteiger partial charge on any atom is 0.198 e. The minimum Gasteiger partial charge on any atom is -0.461 e. The van der Waals surface area contributed by atoms with Gasteiger partial charge in [0.15, 0.2) is 11.5 Å². The Morgan fingerprint density at radius 1 is 1.27 bits per heavy atom. The summed E-state index contributed by atoms with van der Waals surface area (Å²) < 4.78 is 13.1. The Morgan fingerprint density at radius 3 is 2.95 bits per heavy atom. The third-order valence-electron chi connectivity index (χ3n) is 4.47. The van der Waals surface area contributed by atoms with Gasteiger partial charge in [-0.05, 0) is 23.8 Å². The number of carbonyl (C=O) groups excluding carboxylic acids is 1. The molecule has 0 amide bonds. The van der Waals surface area contributed by atoms with E-state index >= 15 is 0 Å². The third kappa shape index (κ3) is 1.99. The molecule has 4 rings (SSSR count). The molecule has 1 aliphatic rings. The summed E-state index contributed by atoms with van der Waals surface area (Å²) in [6.07, 6.45) is 1.95. The van der Waals surface area contributed by atoms with Crippen LogP contribution >= 0.6 is 0 Å². The number of furan rings is 1. The van der Waals surface area contributed by atoms with Crippen molar-refractivity contribution < 1.29 is 13.9 Å². The molecule has 0 spiro atoms. The molecular formula is C18H17NO3. The van der Waals surface area contributed by atoms with Gasteiger partial charge in [0.25, 0.3) is 0 Å². The summed E-state index contributed by atoms with van der Waals surface area (Å²) in [5.74, 6) is 0.527. The first kappa shape index (κ1) is 13.3. The highest BCUT2D eigenvalue weighted by molar-refractivity contribution is 5.95. The maximum absolute atomic E-state index is 12.4. The van der Waals surface area contributed by atoms with Gasteiger partial charge in [0.2, 0.25) is 0 Å². The fourth-order valence-corrected chi connectivity index (χ4v) is 3.41. The number of aromatic nitrogens is 1. The van der Waals surface area contributed by atoms with Crippen LogP contribution in [-0.4, -0.2) is 17.0 Å². The Morgan fingerprint density at radius 2 is 2.14 bits per heavy atom. The summed E-state index contributed by atoms with van der Waals surface area (Å²) in [5, 5.41) is 1.22. The maximum atomic E-state index is 12.4. The number of benzene rings is 1. The normalized spacial score (nSPS) is 17.6. The first-order chi connectivity index (χ1) is 10.8. The van der Waals surface area contributed by atoms with Crippen LogP contribution in [0.1, 0.15) is 34.2 Å². The fraction of sp³-hybridized carbons (Fsp3) is 0.278. The van der Waals surface area contributed by atoms with Crippen LogP contribution < -0.4 is 0 Å². The zero-order valence-electron chi connectivity index (χ0n) is 12.4. The summed E-state index contributed by atoms with van der Waals surface area (Å²) in [5.41, 5.74) is 3.61. The highest BCUT2D eigenvalue weighted by Crippen LogP contribution is 2.37. The monoisotopic (exact) mass is 295 g/mol. The number of nitrogens with zero attached hydrogens (tertiary/aromatic N) is 1. The number of aryl methyl sites for hydroxylation is 1. The quantitative estimate of drug-likeness (QED) is 0.693. The van der Waals surface area contributed by atoms with E-state index in [-0.39, 0.29) is 11.7 Å². The van der Waals surface area contributed by atoms with Crippen LogP contribution in [0.15, 0.2) is 47.1 Å². The second kappa shape index (κ2) is 5.14. The lowest BCUT2D eigenvalue weighted by molar-refractivity contribution is 0.0751. The van der Waals surface area contributed by atoms with Crippen LogP contribution in [0, 0.1) is 0 Å². The van der Waals surface area contributed by atoms with E-state index in [2.05, 4.69) is 23.7 Å². The molecule has 1 aliphatic heterocycles. The van der Waals surface area contributed by atoms with E-state index in [0.717, 1.165) is 0 Å². The molecular weight excluding hydrogens is 278 g/mol. The van der Waals surface area contributed by atoms with Crippen molar-refractivity contribution in [3.8, 4) is 0 Å². The molecule has 0 saturated heterocycles. The summed E-state index contributed by atoms with van der Waals surface area (Å²) in [4.78, 5) is 12.4. The van der Waals surface area contributed by atoms with E-state index < -0.39 is 0 Å². The predicted molar refractivity (Wildman–Crippen MR) is 83.0 cm³/mol. The van der Waals surface area contributed by atoms with E-state index in [1.165, 1.54) is 28.4 Å². The smallest absolute Gasteiger partial charge is 0.198 e. The molecule has 4 heteroatoms. The Balaban J connectivity index is 1.76.